The molecule has 2 rings (SSSR count). The normalized spacial score (nSPS) is 10.2. The number of rotatable bonds is 3. The van der Waals surface area contributed by atoms with E-state index in [-0.39, 0.29) is 5.78 Å². The predicted octanol–water partition coefficient (Wildman–Crippen LogP) is 4.20. The average Bonchev–Trinajstić information content (AvgIpc) is 2.32. The van der Waals surface area contributed by atoms with Crippen molar-refractivity contribution >= 4 is 33.5 Å². The molecule has 0 aliphatic heterocycles. The number of pyridine rings is 1. The standard InChI is InChI=1S/C13H10BrNOS/c1-9(16)11-4-2-3-5-12(11)17-13-7-6-10(14)8-15-13/h2-8H,1H3. The van der Waals surface area contributed by atoms with E-state index in [4.69, 9.17) is 0 Å². The van der Waals surface area contributed by atoms with Gasteiger partial charge in [0, 0.05) is 21.1 Å². The van der Waals surface area contributed by atoms with Crippen molar-refractivity contribution in [1.29, 1.82) is 0 Å². The largest absolute Gasteiger partial charge is 0.294 e. The van der Waals surface area contributed by atoms with Gasteiger partial charge in [-0.25, -0.2) is 4.98 Å². The molecule has 17 heavy (non-hydrogen) atoms. The molecule has 86 valence electrons. The Morgan fingerprint density at radius 2 is 2.00 bits per heavy atom. The van der Waals surface area contributed by atoms with Crippen molar-refractivity contribution in [2.24, 2.45) is 0 Å². The van der Waals surface area contributed by atoms with Gasteiger partial charge < -0.3 is 0 Å². The highest BCUT2D eigenvalue weighted by Gasteiger charge is 2.08. The van der Waals surface area contributed by atoms with Crippen molar-refractivity contribution in [3.8, 4) is 0 Å². The number of aromatic nitrogens is 1. The number of benzene rings is 1. The van der Waals surface area contributed by atoms with Crippen LogP contribution < -0.4 is 0 Å². The van der Waals surface area contributed by atoms with Crippen molar-refractivity contribution in [2.75, 3.05) is 0 Å². The lowest BCUT2D eigenvalue weighted by atomic mass is 10.1. The smallest absolute Gasteiger partial charge is 0.160 e. The quantitative estimate of drug-likeness (QED) is 0.796. The second-order valence-corrected chi connectivity index (χ2v) is 5.45. The monoisotopic (exact) mass is 307 g/mol. The molecule has 0 N–H and O–H groups in total. The molecule has 0 saturated carbocycles. The Hall–Kier alpha value is -1.13. The highest BCUT2D eigenvalue weighted by atomic mass is 79.9. The van der Waals surface area contributed by atoms with Crippen molar-refractivity contribution in [3.05, 3.63) is 52.6 Å². The van der Waals surface area contributed by atoms with Crippen LogP contribution in [-0.4, -0.2) is 10.8 Å². The van der Waals surface area contributed by atoms with E-state index in [2.05, 4.69) is 20.9 Å². The molecule has 0 aliphatic rings. The SMILES string of the molecule is CC(=O)c1ccccc1Sc1ccc(Br)cn1. The Bertz CT molecular complexity index is 539. The summed E-state index contributed by atoms with van der Waals surface area (Å²) in [5.74, 6) is 0.0743. The minimum Gasteiger partial charge on any atom is -0.294 e. The summed E-state index contributed by atoms with van der Waals surface area (Å²) >= 11 is 4.84. The molecule has 4 heteroatoms. The van der Waals surface area contributed by atoms with Crippen molar-refractivity contribution < 1.29 is 4.79 Å². The van der Waals surface area contributed by atoms with Gasteiger partial charge in [0.1, 0.15) is 5.03 Å². The molecule has 0 amide bonds. The van der Waals surface area contributed by atoms with Crippen LogP contribution >= 0.6 is 27.7 Å². The first kappa shape index (κ1) is 12.3. The number of halogens is 1. The third-order valence-corrected chi connectivity index (χ3v) is 3.68. The zero-order valence-electron chi connectivity index (χ0n) is 9.18. The minimum atomic E-state index is 0.0743. The van der Waals surface area contributed by atoms with Crippen LogP contribution in [0.15, 0.2) is 57.0 Å². The van der Waals surface area contributed by atoms with Crippen LogP contribution in [0.3, 0.4) is 0 Å². The molecular weight excluding hydrogens is 298 g/mol. The molecular formula is C13H10BrNOS. The molecule has 1 heterocycles. The van der Waals surface area contributed by atoms with Gasteiger partial charge in [0.05, 0.1) is 0 Å². The Balaban J connectivity index is 2.30. The first-order chi connectivity index (χ1) is 8.16. The number of nitrogens with zero attached hydrogens (tertiary/aromatic N) is 1. The van der Waals surface area contributed by atoms with Gasteiger partial charge in [0.15, 0.2) is 5.78 Å². The first-order valence-electron chi connectivity index (χ1n) is 5.06. The van der Waals surface area contributed by atoms with E-state index < -0.39 is 0 Å². The Kier molecular flexibility index (Phi) is 3.97. The van der Waals surface area contributed by atoms with Gasteiger partial charge in [-0.05, 0) is 41.1 Å². The molecule has 2 nitrogen and oxygen atoms in total. The van der Waals surface area contributed by atoms with Crippen LogP contribution in [0.2, 0.25) is 0 Å². The summed E-state index contributed by atoms with van der Waals surface area (Å²) in [5, 5.41) is 0.877. The summed E-state index contributed by atoms with van der Waals surface area (Å²) in [6.07, 6.45) is 1.75. The van der Waals surface area contributed by atoms with Gasteiger partial charge in [-0.1, -0.05) is 30.0 Å². The number of ketones is 1. The molecule has 0 spiro atoms. The van der Waals surface area contributed by atoms with Gasteiger partial charge in [0.2, 0.25) is 0 Å². The van der Waals surface area contributed by atoms with Gasteiger partial charge in [-0.2, -0.15) is 0 Å². The summed E-state index contributed by atoms with van der Waals surface area (Å²) in [6.45, 7) is 1.58. The molecule has 0 atom stereocenters. The van der Waals surface area contributed by atoms with Crippen LogP contribution in [-0.2, 0) is 0 Å². The highest BCUT2D eigenvalue weighted by Crippen LogP contribution is 2.29. The predicted molar refractivity (Wildman–Crippen MR) is 72.5 cm³/mol. The van der Waals surface area contributed by atoms with E-state index in [9.17, 15) is 4.79 Å². The summed E-state index contributed by atoms with van der Waals surface area (Å²) in [4.78, 5) is 16.7. The van der Waals surface area contributed by atoms with Crippen molar-refractivity contribution in [2.45, 2.75) is 16.8 Å². The van der Waals surface area contributed by atoms with Crippen molar-refractivity contribution in [1.82, 2.24) is 4.98 Å². The molecule has 1 aromatic carbocycles. The molecule has 1 aromatic heterocycles. The third-order valence-electron chi connectivity index (χ3n) is 2.18. The van der Waals surface area contributed by atoms with Crippen LogP contribution in [0.1, 0.15) is 17.3 Å². The molecule has 0 fully saturated rings. The summed E-state index contributed by atoms with van der Waals surface area (Å²) < 4.78 is 0.946. The molecule has 0 saturated heterocycles. The van der Waals surface area contributed by atoms with E-state index in [1.54, 1.807) is 13.1 Å². The minimum absolute atomic E-state index is 0.0743. The maximum Gasteiger partial charge on any atom is 0.160 e. The molecule has 0 bridgehead atoms. The fourth-order valence-electron chi connectivity index (χ4n) is 1.38. The Morgan fingerprint density at radius 1 is 1.24 bits per heavy atom. The van der Waals surface area contributed by atoms with Crippen LogP contribution in [0.4, 0.5) is 0 Å². The number of hydrogen-bond donors (Lipinski definition) is 0. The zero-order chi connectivity index (χ0) is 12.3. The van der Waals surface area contributed by atoms with E-state index in [1.165, 1.54) is 11.8 Å². The zero-order valence-corrected chi connectivity index (χ0v) is 11.6. The number of carbonyl (C=O) groups excluding carboxylic acids is 1. The van der Waals surface area contributed by atoms with Gasteiger partial charge in [-0.3, -0.25) is 4.79 Å². The van der Waals surface area contributed by atoms with E-state index in [0.717, 1.165) is 20.0 Å². The van der Waals surface area contributed by atoms with Crippen LogP contribution in [0.5, 0.6) is 0 Å². The van der Waals surface area contributed by atoms with Crippen molar-refractivity contribution in [3.63, 3.8) is 0 Å². The fraction of sp³-hybridized carbons (Fsp3) is 0.0769. The second kappa shape index (κ2) is 5.47. The summed E-state index contributed by atoms with van der Waals surface area (Å²) in [7, 11) is 0. The lowest BCUT2D eigenvalue weighted by molar-refractivity contribution is 0.101. The lowest BCUT2D eigenvalue weighted by Gasteiger charge is -2.05. The fourth-order valence-corrected chi connectivity index (χ4v) is 2.55. The molecule has 2 aromatic rings. The maximum atomic E-state index is 11.5. The Morgan fingerprint density at radius 3 is 2.65 bits per heavy atom. The van der Waals surface area contributed by atoms with E-state index in [0.29, 0.717) is 0 Å². The number of Topliss-reactive ketones (excluding diaryl/α,β-unsaturated/α-hetero) is 1. The second-order valence-electron chi connectivity index (χ2n) is 3.47. The first-order valence-corrected chi connectivity index (χ1v) is 6.67. The highest BCUT2D eigenvalue weighted by molar-refractivity contribution is 9.10. The topological polar surface area (TPSA) is 30.0 Å². The molecule has 0 radical (unpaired) electrons. The molecule has 0 unspecified atom stereocenters. The third kappa shape index (κ3) is 3.17. The van der Waals surface area contributed by atoms with E-state index >= 15 is 0 Å². The summed E-state index contributed by atoms with van der Waals surface area (Å²) in [6, 6.07) is 11.4. The maximum absolute atomic E-state index is 11.5. The van der Waals surface area contributed by atoms with Crippen LogP contribution in [0.25, 0.3) is 0 Å². The van der Waals surface area contributed by atoms with Gasteiger partial charge in [-0.15, -0.1) is 0 Å². The van der Waals surface area contributed by atoms with Crippen LogP contribution in [0, 0.1) is 0 Å². The molecule has 0 aliphatic carbocycles. The number of hydrogen-bond acceptors (Lipinski definition) is 3. The lowest BCUT2D eigenvalue weighted by Crippen LogP contribution is -1.94. The van der Waals surface area contributed by atoms with E-state index in [1.807, 2.05) is 36.4 Å². The van der Waals surface area contributed by atoms with Gasteiger partial charge >= 0.3 is 0 Å². The number of carbonyl (C=O) groups is 1. The summed E-state index contributed by atoms with van der Waals surface area (Å²) in [5.41, 5.74) is 0.738. The average molecular weight is 308 g/mol. The Labute approximate surface area is 113 Å². The van der Waals surface area contributed by atoms with Gasteiger partial charge in [0.25, 0.3) is 0 Å².